The van der Waals surface area contributed by atoms with Gasteiger partial charge in [-0.3, -0.25) is 0 Å². The highest BCUT2D eigenvalue weighted by molar-refractivity contribution is 7.45. The van der Waals surface area contributed by atoms with Crippen LogP contribution in [0, 0.1) is 0 Å². The molecule has 0 spiro atoms. The van der Waals surface area contributed by atoms with E-state index in [1.54, 1.807) is 0 Å². The average Bonchev–Trinajstić information content (AvgIpc) is 3.03. The highest BCUT2D eigenvalue weighted by Crippen LogP contribution is 2.50. The molecule has 2 unspecified atom stereocenters. The molecule has 2 rings (SSSR count). The second-order valence-electron chi connectivity index (χ2n) is 12.0. The Kier molecular flexibility index (Phi) is 21.4. The highest BCUT2D eigenvalue weighted by Gasteiger charge is 2.57. The Labute approximate surface area is 354 Å². The zero-order valence-corrected chi connectivity index (χ0v) is 37.2. The number of amides is 2. The smallest absolute Gasteiger partial charge is 0.314 e. The monoisotopic (exact) mass is 1100 g/mol. The molecule has 2 fully saturated rings. The summed E-state index contributed by atoms with van der Waals surface area (Å²) in [5.74, 6) is 0. The lowest BCUT2D eigenvalue weighted by Gasteiger charge is -2.56. The van der Waals surface area contributed by atoms with Gasteiger partial charge >= 0.3 is 6.03 Å². The first-order valence-corrected chi connectivity index (χ1v) is 27.4. The first-order valence-electron chi connectivity index (χ1n) is 15.7. The normalized spacial score (nSPS) is 30.5. The lowest BCUT2D eigenvalue weighted by Crippen LogP contribution is -2.68. The van der Waals surface area contributed by atoms with Crippen molar-refractivity contribution in [3.63, 3.8) is 0 Å². The van der Waals surface area contributed by atoms with Gasteiger partial charge in [-0.2, -0.15) is 0 Å². The summed E-state index contributed by atoms with van der Waals surface area (Å²) in [6.45, 7) is -4.35. The van der Waals surface area contributed by atoms with Crippen LogP contribution in [0.2, 0.25) is 0 Å². The van der Waals surface area contributed by atoms with E-state index in [1.165, 1.54) is 0 Å². The maximum absolute atomic E-state index is 12.4. The second-order valence-corrected chi connectivity index (χ2v) is 20.8. The largest absolute Gasteiger partial charge is 0.790 e. The van der Waals surface area contributed by atoms with Gasteiger partial charge in [-0.25, -0.2) is 4.79 Å². The number of hydrogen-bond acceptors (Lipinski definition) is 37. The van der Waals surface area contributed by atoms with Gasteiger partial charge in [-0.1, -0.05) is 0 Å². The van der Waals surface area contributed by atoms with E-state index in [0.29, 0.717) is 0 Å². The fourth-order valence-corrected chi connectivity index (χ4v) is 9.92. The molecule has 0 radical (unpaired) electrons. The number of rotatable bonds is 24. The van der Waals surface area contributed by atoms with Gasteiger partial charge in [-0.15, -0.1) is 0 Å². The number of hydrogen-bond donors (Lipinski definition) is 4. The Morgan fingerprint density at radius 2 is 0.531 bits per heavy atom. The van der Waals surface area contributed by atoms with E-state index in [1.807, 2.05) is 10.6 Å². The Hall–Kier alpha value is -0.0100. The molecule has 2 aliphatic carbocycles. The molecule has 0 bridgehead atoms. The summed E-state index contributed by atoms with van der Waals surface area (Å²) in [4.78, 5) is 195. The lowest BCUT2D eigenvalue weighted by atomic mass is 9.85. The van der Waals surface area contributed by atoms with E-state index < -0.39 is 168 Å². The molecule has 0 aromatic heterocycles. The Morgan fingerprint density at radius 3 is 0.781 bits per heavy atom. The third-order valence-electron chi connectivity index (χ3n) is 7.34. The van der Waals surface area contributed by atoms with Crippen molar-refractivity contribution in [2.24, 2.45) is 0 Å². The molecule has 12 atom stereocenters. The lowest BCUT2D eigenvalue weighted by molar-refractivity contribution is -0.385. The van der Waals surface area contributed by atoms with Gasteiger partial charge in [0.25, 0.3) is 0 Å². The van der Waals surface area contributed by atoms with Crippen LogP contribution in [-0.4, -0.2) is 116 Å². The van der Waals surface area contributed by atoms with Crippen LogP contribution in [0.3, 0.4) is 0 Å². The summed E-state index contributed by atoms with van der Waals surface area (Å²) >= 11 is 0. The molecule has 4 N–H and O–H groups in total. The summed E-state index contributed by atoms with van der Waals surface area (Å²) in [5.41, 5.74) is 0. The Morgan fingerprint density at radius 1 is 0.344 bits per heavy atom. The molecule has 2 saturated carbocycles. The third kappa shape index (κ3) is 22.2. The predicted octanol–water partition coefficient (Wildman–Crippen LogP) is -16.5. The molecule has 0 saturated heterocycles. The zero-order chi connectivity index (χ0) is 49.8. The summed E-state index contributed by atoms with van der Waals surface area (Å²) in [6.07, 6.45) is -37.4. The Bertz CT molecular complexity index is 1900. The van der Waals surface area contributed by atoms with Crippen molar-refractivity contribution in [2.45, 2.75) is 73.2 Å². The Balaban J connectivity index is 2.35. The van der Waals surface area contributed by atoms with Crippen molar-refractivity contribution in [3.05, 3.63) is 0 Å². The van der Waals surface area contributed by atoms with E-state index in [2.05, 4.69) is 36.2 Å². The maximum Gasteiger partial charge on any atom is 0.314 e. The molecule has 2 amide bonds. The van der Waals surface area contributed by atoms with Crippen molar-refractivity contribution >= 4 is 68.6 Å². The summed E-state index contributed by atoms with van der Waals surface area (Å²) in [5, 5.41) is 24.7. The topological polar surface area (TPSA) is 679 Å². The summed E-state index contributed by atoms with van der Waals surface area (Å²) < 4.78 is 133. The van der Waals surface area contributed by atoms with E-state index in [0.717, 1.165) is 0 Å². The number of phosphoric acid groups is 8. The van der Waals surface area contributed by atoms with Gasteiger partial charge < -0.3 is 181 Å². The third-order valence-corrected chi connectivity index (χ3v) is 11.4. The molecule has 380 valence electrons. The minimum Gasteiger partial charge on any atom is -0.790 e. The molecule has 0 heterocycles. The van der Waals surface area contributed by atoms with Crippen molar-refractivity contribution in [1.82, 2.24) is 10.6 Å². The molecule has 0 aromatic carbocycles. The average molecular weight is 1100 g/mol. The number of aliphatic hydroxyl groups excluding tert-OH is 2. The van der Waals surface area contributed by atoms with Gasteiger partial charge in [0.2, 0.25) is 0 Å². The predicted molar refractivity (Wildman–Crippen MR) is 153 cm³/mol. The number of carbonyl (C=O) groups is 1. The minimum absolute atomic E-state index is 0.898. The van der Waals surface area contributed by atoms with Crippen molar-refractivity contribution in [2.75, 3.05) is 26.3 Å². The number of aliphatic hydroxyl groups is 2. The van der Waals surface area contributed by atoms with Crippen LogP contribution in [0.25, 0.3) is 0 Å². The molecule has 64 heavy (non-hydrogen) atoms. The van der Waals surface area contributed by atoms with Gasteiger partial charge in [0.15, 0.2) is 0 Å². The first kappa shape index (κ1) is 60.1. The van der Waals surface area contributed by atoms with Crippen molar-refractivity contribution in [1.29, 1.82) is 0 Å². The molecular formula is C17H24N2O37P8-16. The maximum atomic E-state index is 12.4. The van der Waals surface area contributed by atoms with Crippen LogP contribution in [0.15, 0.2) is 0 Å². The van der Waals surface area contributed by atoms with E-state index >= 15 is 0 Å². The van der Waals surface area contributed by atoms with E-state index in [9.17, 15) is 130 Å². The van der Waals surface area contributed by atoms with Gasteiger partial charge in [0, 0.05) is 13.1 Å². The minimum atomic E-state index is -6.76. The second kappa shape index (κ2) is 22.8. The SMILES string of the molecule is O=C(NCCOC1[C@@H](OP(=O)([O-])[O-])[C@H](OP(=O)([O-])[O-])C(OP(=O)([O-])[O-])[C@H](OP(=O)([O-])[O-])[C@H]1OP(=O)([O-])[O-])NCCO[C@@H]1[C@H](O)[C@@H](OP(=O)([O-])[O-])[C@H](OP(=O)([O-])[O-])[C@@H](O)[C@@H]1OP(=O)([O-])[O-]. The first-order chi connectivity index (χ1) is 28.5. The van der Waals surface area contributed by atoms with Crippen LogP contribution in [-0.2, 0) is 82.2 Å². The number of ether oxygens (including phenoxy) is 2. The molecular weight excluding hydrogens is 1070 g/mol. The number of nitrogens with one attached hydrogen (secondary N) is 2. The number of urea groups is 1. The molecule has 0 aliphatic heterocycles. The summed E-state index contributed by atoms with van der Waals surface area (Å²) in [6, 6.07) is -1.44. The summed E-state index contributed by atoms with van der Waals surface area (Å²) in [7, 11) is -52.7. The van der Waals surface area contributed by atoms with E-state index in [-0.39, 0.29) is 0 Å². The van der Waals surface area contributed by atoms with Gasteiger partial charge in [0.1, 0.15) is 73.2 Å². The molecule has 39 nitrogen and oxygen atoms in total. The fraction of sp³-hybridized carbons (Fsp3) is 0.941. The van der Waals surface area contributed by atoms with E-state index in [4.69, 9.17) is 9.47 Å². The van der Waals surface area contributed by atoms with Crippen molar-refractivity contribution < 1.29 is 175 Å². The van der Waals surface area contributed by atoms with Gasteiger partial charge in [0.05, 0.1) is 75.8 Å². The quantitative estimate of drug-likeness (QED) is 0.0515. The van der Waals surface area contributed by atoms with Crippen molar-refractivity contribution in [3.8, 4) is 0 Å². The van der Waals surface area contributed by atoms with Crippen LogP contribution in [0.4, 0.5) is 4.79 Å². The molecule has 47 heteroatoms. The highest BCUT2D eigenvalue weighted by atomic mass is 31.2. The van der Waals surface area contributed by atoms with Crippen LogP contribution in [0.5, 0.6) is 0 Å². The zero-order valence-electron chi connectivity index (χ0n) is 30.0. The standard InChI is InChI=1S/C17H40N2O37P8/c20-5-7(8(49-57(23,24)25)6(21)10(51-59(29,30)31)9(5)50-58(26,27)28)47-3-1-18-17(22)19-2-4-48-11-12(52-60(32,33)34)14(54-62(38,39)40)16(56-64(44,45)46)15(55-63(41,42)43)13(11)53-61(35,36)37/h5-16,20-21H,1-4H2,(H2,18,19,22)(H2,23,24,25)(H2,26,27,28)(H2,29,30,31)(H2,32,33,34)(H2,35,36,37)(H2,38,39,40)(H2,41,42,43)(H2,44,45,46)/p-16/t5-,6-,7+,8-,9+,10+,11?,12-,13+,14+,15-,16?/m0/s1. The fourth-order valence-electron chi connectivity index (χ4n) is 5.60. The number of carbonyl (C=O) groups excluding carboxylic acids is 1. The van der Waals surface area contributed by atoms with Crippen LogP contribution >= 0.6 is 62.6 Å². The van der Waals surface area contributed by atoms with Gasteiger partial charge in [-0.05, 0) is 0 Å². The van der Waals surface area contributed by atoms with Crippen LogP contribution in [0.1, 0.15) is 0 Å². The number of phosphoric ester groups is 8. The molecule has 0 aromatic rings. The molecule has 2 aliphatic rings. The van der Waals surface area contributed by atoms with Crippen LogP contribution < -0.4 is 88.9 Å².